The summed E-state index contributed by atoms with van der Waals surface area (Å²) in [6.45, 7) is 1.76. The number of sulfone groups is 1. The van der Waals surface area contributed by atoms with Gasteiger partial charge >= 0.3 is 5.97 Å². The molecule has 0 aliphatic heterocycles. The van der Waals surface area contributed by atoms with Crippen molar-refractivity contribution in [2.24, 2.45) is 0 Å². The Morgan fingerprint density at radius 1 is 1.24 bits per heavy atom. The third-order valence-corrected chi connectivity index (χ3v) is 3.40. The number of carbonyl (C=O) groups excluding carboxylic acids is 1. The average Bonchev–Trinajstić information content (AvgIpc) is 2.27. The van der Waals surface area contributed by atoms with E-state index >= 15 is 0 Å². The summed E-state index contributed by atoms with van der Waals surface area (Å²) >= 11 is 0. The van der Waals surface area contributed by atoms with Gasteiger partial charge < -0.3 is 4.74 Å². The highest BCUT2D eigenvalue weighted by Crippen LogP contribution is 2.17. The first kappa shape index (κ1) is 13.4. The summed E-state index contributed by atoms with van der Waals surface area (Å²) in [4.78, 5) is 11.3. The van der Waals surface area contributed by atoms with Crippen LogP contribution < -0.4 is 0 Å². The van der Waals surface area contributed by atoms with Gasteiger partial charge in [-0.1, -0.05) is 12.1 Å². The van der Waals surface area contributed by atoms with Crippen LogP contribution in [-0.2, 0) is 19.4 Å². The minimum absolute atomic E-state index is 0.257. The maximum absolute atomic E-state index is 11.2. The van der Waals surface area contributed by atoms with Gasteiger partial charge in [-0.25, -0.2) is 13.2 Å². The molecular weight excluding hydrogens is 240 g/mol. The standard InChI is InChI=1S/C12H14O4S/c1-9(8-12(13)16-2)10-4-6-11(7-5-10)17(3,14)15/h4-8H,1-3H3/b9-8-. The van der Waals surface area contributed by atoms with Gasteiger partial charge in [-0.15, -0.1) is 0 Å². The second-order valence-corrected chi connectivity index (χ2v) is 5.66. The van der Waals surface area contributed by atoms with Gasteiger partial charge in [0.05, 0.1) is 12.0 Å². The number of esters is 1. The first-order chi connectivity index (χ1) is 7.84. The van der Waals surface area contributed by atoms with Gasteiger partial charge in [-0.05, 0) is 30.2 Å². The van der Waals surface area contributed by atoms with E-state index in [1.807, 2.05) is 0 Å². The largest absolute Gasteiger partial charge is 0.466 e. The molecule has 0 saturated carbocycles. The van der Waals surface area contributed by atoms with Gasteiger partial charge in [-0.2, -0.15) is 0 Å². The number of benzene rings is 1. The third-order valence-electron chi connectivity index (χ3n) is 2.27. The predicted octanol–water partition coefficient (Wildman–Crippen LogP) is 1.67. The average molecular weight is 254 g/mol. The van der Waals surface area contributed by atoms with Crippen LogP contribution in [0.25, 0.3) is 5.57 Å². The van der Waals surface area contributed by atoms with Crippen molar-refractivity contribution in [2.75, 3.05) is 13.4 Å². The van der Waals surface area contributed by atoms with E-state index in [0.29, 0.717) is 0 Å². The molecule has 92 valence electrons. The van der Waals surface area contributed by atoms with Crippen LogP contribution in [0.1, 0.15) is 12.5 Å². The Kier molecular flexibility index (Phi) is 4.07. The Balaban J connectivity index is 3.04. The molecule has 0 spiro atoms. The van der Waals surface area contributed by atoms with Gasteiger partial charge in [0.15, 0.2) is 9.84 Å². The molecule has 0 unspecified atom stereocenters. The third kappa shape index (κ3) is 3.71. The summed E-state index contributed by atoms with van der Waals surface area (Å²) in [6.07, 6.45) is 2.51. The van der Waals surface area contributed by atoms with Crippen molar-refractivity contribution in [2.45, 2.75) is 11.8 Å². The van der Waals surface area contributed by atoms with Crippen molar-refractivity contribution in [3.8, 4) is 0 Å². The maximum atomic E-state index is 11.2. The molecule has 1 rings (SSSR count). The van der Waals surface area contributed by atoms with Crippen molar-refractivity contribution in [1.29, 1.82) is 0 Å². The summed E-state index contributed by atoms with van der Waals surface area (Å²) in [6, 6.07) is 6.34. The molecule has 0 saturated heterocycles. The van der Waals surface area contributed by atoms with E-state index in [9.17, 15) is 13.2 Å². The smallest absolute Gasteiger partial charge is 0.330 e. The quantitative estimate of drug-likeness (QED) is 0.608. The van der Waals surface area contributed by atoms with Crippen LogP contribution in [0.15, 0.2) is 35.2 Å². The van der Waals surface area contributed by atoms with E-state index in [-0.39, 0.29) is 4.90 Å². The molecule has 4 nitrogen and oxygen atoms in total. The molecule has 0 bridgehead atoms. The molecule has 0 N–H and O–H groups in total. The highest BCUT2D eigenvalue weighted by atomic mass is 32.2. The summed E-state index contributed by atoms with van der Waals surface area (Å²) in [5.74, 6) is -0.435. The fourth-order valence-corrected chi connectivity index (χ4v) is 1.91. The van der Waals surface area contributed by atoms with Gasteiger partial charge in [0.25, 0.3) is 0 Å². The van der Waals surface area contributed by atoms with Crippen molar-refractivity contribution in [3.63, 3.8) is 0 Å². The zero-order valence-corrected chi connectivity index (χ0v) is 10.7. The fraction of sp³-hybridized carbons (Fsp3) is 0.250. The number of ether oxygens (including phenoxy) is 1. The molecular formula is C12H14O4S. The lowest BCUT2D eigenvalue weighted by molar-refractivity contribution is -0.134. The van der Waals surface area contributed by atoms with Gasteiger partial charge in [-0.3, -0.25) is 0 Å². The summed E-state index contributed by atoms with van der Waals surface area (Å²) in [7, 11) is -1.88. The van der Waals surface area contributed by atoms with Crippen molar-refractivity contribution >= 4 is 21.4 Å². The zero-order valence-electron chi connectivity index (χ0n) is 9.93. The molecule has 0 aliphatic rings. The Morgan fingerprint density at radius 3 is 2.18 bits per heavy atom. The number of allylic oxidation sites excluding steroid dienone is 1. The second kappa shape index (κ2) is 5.14. The number of carbonyl (C=O) groups is 1. The van der Waals surface area contributed by atoms with Crippen LogP contribution in [0, 0.1) is 0 Å². The first-order valence-electron chi connectivity index (χ1n) is 4.91. The van der Waals surface area contributed by atoms with Crippen molar-refractivity contribution in [1.82, 2.24) is 0 Å². The van der Waals surface area contributed by atoms with E-state index in [1.165, 1.54) is 25.3 Å². The van der Waals surface area contributed by atoms with E-state index in [1.54, 1.807) is 19.1 Å². The monoisotopic (exact) mass is 254 g/mol. The molecule has 0 atom stereocenters. The van der Waals surface area contributed by atoms with Crippen LogP contribution in [0.4, 0.5) is 0 Å². The second-order valence-electron chi connectivity index (χ2n) is 3.65. The van der Waals surface area contributed by atoms with Crippen LogP contribution in [0.2, 0.25) is 0 Å². The van der Waals surface area contributed by atoms with Crippen LogP contribution in [0.3, 0.4) is 0 Å². The zero-order chi connectivity index (χ0) is 13.1. The molecule has 1 aromatic rings. The number of rotatable bonds is 3. The molecule has 0 heterocycles. The molecule has 0 aliphatic carbocycles. The fourth-order valence-electron chi connectivity index (χ4n) is 1.28. The SMILES string of the molecule is COC(=O)/C=C(/C)c1ccc(S(C)(=O)=O)cc1. The molecule has 0 radical (unpaired) electrons. The highest BCUT2D eigenvalue weighted by molar-refractivity contribution is 7.90. The summed E-state index contributed by atoms with van der Waals surface area (Å²) in [5, 5.41) is 0. The lowest BCUT2D eigenvalue weighted by Gasteiger charge is -2.03. The molecule has 0 aromatic heterocycles. The van der Waals surface area contributed by atoms with E-state index < -0.39 is 15.8 Å². The molecule has 5 heteroatoms. The Labute approximate surface area is 101 Å². The Hall–Kier alpha value is -1.62. The molecule has 0 amide bonds. The lowest BCUT2D eigenvalue weighted by Crippen LogP contribution is -1.98. The molecule has 1 aromatic carbocycles. The number of hydrogen-bond donors (Lipinski definition) is 0. The topological polar surface area (TPSA) is 60.4 Å². The minimum atomic E-state index is -3.18. The van der Waals surface area contributed by atoms with Crippen LogP contribution in [0.5, 0.6) is 0 Å². The molecule has 17 heavy (non-hydrogen) atoms. The van der Waals surface area contributed by atoms with Gasteiger partial charge in [0.1, 0.15) is 0 Å². The van der Waals surface area contributed by atoms with E-state index in [4.69, 9.17) is 0 Å². The number of methoxy groups -OCH3 is 1. The van der Waals surface area contributed by atoms with E-state index in [0.717, 1.165) is 17.4 Å². The highest BCUT2D eigenvalue weighted by Gasteiger charge is 2.07. The summed E-state index contributed by atoms with van der Waals surface area (Å²) in [5.41, 5.74) is 1.50. The predicted molar refractivity (Wildman–Crippen MR) is 65.2 cm³/mol. The summed E-state index contributed by atoms with van der Waals surface area (Å²) < 4.78 is 27.0. The van der Waals surface area contributed by atoms with Gasteiger partial charge in [0.2, 0.25) is 0 Å². The van der Waals surface area contributed by atoms with Gasteiger partial charge in [0, 0.05) is 12.3 Å². The Morgan fingerprint density at radius 2 is 1.76 bits per heavy atom. The number of hydrogen-bond acceptors (Lipinski definition) is 4. The minimum Gasteiger partial charge on any atom is -0.466 e. The van der Waals surface area contributed by atoms with Crippen molar-refractivity contribution < 1.29 is 17.9 Å². The van der Waals surface area contributed by atoms with Crippen LogP contribution in [-0.4, -0.2) is 27.8 Å². The van der Waals surface area contributed by atoms with Crippen molar-refractivity contribution in [3.05, 3.63) is 35.9 Å². The van der Waals surface area contributed by atoms with Crippen LogP contribution >= 0.6 is 0 Å². The Bertz CT molecular complexity index is 538. The maximum Gasteiger partial charge on any atom is 0.330 e. The first-order valence-corrected chi connectivity index (χ1v) is 6.80. The van der Waals surface area contributed by atoms with E-state index in [2.05, 4.69) is 4.74 Å². The lowest BCUT2D eigenvalue weighted by atomic mass is 10.1. The molecule has 0 fully saturated rings. The normalized spacial score (nSPS) is 12.3.